The van der Waals surface area contributed by atoms with Crippen molar-refractivity contribution in [3.05, 3.63) is 72.3 Å². The molecule has 1 N–H and O–H groups in total. The Morgan fingerprint density at radius 2 is 1.94 bits per heavy atom. The zero-order chi connectivity index (χ0) is 22.7. The SMILES string of the molecule is Fc1ccc([C@@]2(Cn3cncn3)OC[C@H](COc3ccc(N4CCNCC4)cc3)O2)c(F)c1. The van der Waals surface area contributed by atoms with Gasteiger partial charge >= 0.3 is 0 Å². The third kappa shape index (κ3) is 4.82. The average Bonchev–Trinajstić information content (AvgIpc) is 3.49. The summed E-state index contributed by atoms with van der Waals surface area (Å²) in [6.07, 6.45) is 2.40. The van der Waals surface area contributed by atoms with Gasteiger partial charge in [0.05, 0.1) is 6.61 Å². The van der Waals surface area contributed by atoms with Crippen LogP contribution in [0, 0.1) is 11.6 Å². The van der Waals surface area contributed by atoms with Gasteiger partial charge in [-0.25, -0.2) is 18.4 Å². The normalized spacial score (nSPS) is 23.1. The van der Waals surface area contributed by atoms with Gasteiger partial charge < -0.3 is 24.4 Å². The van der Waals surface area contributed by atoms with E-state index in [4.69, 9.17) is 14.2 Å². The van der Waals surface area contributed by atoms with E-state index in [1.165, 1.54) is 29.5 Å². The molecule has 2 fully saturated rings. The fourth-order valence-corrected chi connectivity index (χ4v) is 4.15. The van der Waals surface area contributed by atoms with Gasteiger partial charge in [0.25, 0.3) is 0 Å². The lowest BCUT2D eigenvalue weighted by Crippen LogP contribution is -2.43. The van der Waals surface area contributed by atoms with Gasteiger partial charge in [-0.2, -0.15) is 5.10 Å². The smallest absolute Gasteiger partial charge is 0.218 e. The van der Waals surface area contributed by atoms with Gasteiger partial charge in [0.1, 0.15) is 49.3 Å². The van der Waals surface area contributed by atoms with Crippen LogP contribution in [0.5, 0.6) is 5.75 Å². The van der Waals surface area contributed by atoms with Gasteiger partial charge in [-0.15, -0.1) is 0 Å². The molecule has 0 spiro atoms. The molecule has 0 amide bonds. The second-order valence-corrected chi connectivity index (χ2v) is 8.06. The van der Waals surface area contributed by atoms with Crippen LogP contribution in [0.2, 0.25) is 0 Å². The molecule has 0 saturated carbocycles. The van der Waals surface area contributed by atoms with E-state index in [9.17, 15) is 8.78 Å². The van der Waals surface area contributed by atoms with Crippen molar-refractivity contribution in [1.82, 2.24) is 20.1 Å². The van der Waals surface area contributed by atoms with Crippen LogP contribution in [0.25, 0.3) is 0 Å². The van der Waals surface area contributed by atoms with Crippen molar-refractivity contribution in [2.75, 3.05) is 44.3 Å². The highest BCUT2D eigenvalue weighted by Gasteiger charge is 2.46. The van der Waals surface area contributed by atoms with Crippen molar-refractivity contribution < 1.29 is 23.0 Å². The summed E-state index contributed by atoms with van der Waals surface area (Å²) >= 11 is 0. The number of nitrogens with one attached hydrogen (secondary N) is 1. The van der Waals surface area contributed by atoms with Crippen LogP contribution in [0.3, 0.4) is 0 Å². The predicted molar refractivity (Wildman–Crippen MR) is 116 cm³/mol. The fraction of sp³-hybridized carbons (Fsp3) is 0.391. The number of aromatic nitrogens is 3. The molecule has 0 aliphatic carbocycles. The number of nitrogens with zero attached hydrogens (tertiary/aromatic N) is 4. The van der Waals surface area contributed by atoms with Gasteiger partial charge in [-0.3, -0.25) is 0 Å². The molecule has 2 atom stereocenters. The lowest BCUT2D eigenvalue weighted by Gasteiger charge is -2.29. The Kier molecular flexibility index (Phi) is 6.21. The second kappa shape index (κ2) is 9.42. The van der Waals surface area contributed by atoms with Crippen LogP contribution < -0.4 is 15.0 Å². The molecule has 0 bridgehead atoms. The van der Waals surface area contributed by atoms with Gasteiger partial charge in [0, 0.05) is 43.5 Å². The molecule has 0 unspecified atom stereocenters. The topological polar surface area (TPSA) is 73.7 Å². The van der Waals surface area contributed by atoms with Crippen LogP contribution in [-0.2, 0) is 21.8 Å². The number of hydrogen-bond acceptors (Lipinski definition) is 7. The largest absolute Gasteiger partial charge is 0.491 e. The number of benzene rings is 2. The molecule has 3 heterocycles. The average molecular weight is 457 g/mol. The summed E-state index contributed by atoms with van der Waals surface area (Å²) in [5, 5.41) is 7.42. The maximum Gasteiger partial charge on any atom is 0.218 e. The molecular weight excluding hydrogens is 432 g/mol. The number of anilines is 1. The molecule has 3 aromatic rings. The minimum absolute atomic E-state index is 0.0610. The second-order valence-electron chi connectivity index (χ2n) is 8.06. The summed E-state index contributed by atoms with van der Waals surface area (Å²) in [6, 6.07) is 11.3. The Hall–Kier alpha value is -3.08. The molecule has 1 aromatic heterocycles. The van der Waals surface area contributed by atoms with Crippen molar-refractivity contribution in [3.8, 4) is 5.75 Å². The van der Waals surface area contributed by atoms with Gasteiger partial charge in [0.15, 0.2) is 0 Å². The van der Waals surface area contributed by atoms with Crippen LogP contribution in [-0.4, -0.2) is 60.3 Å². The van der Waals surface area contributed by atoms with E-state index in [1.54, 1.807) is 0 Å². The molecule has 0 radical (unpaired) electrons. The standard InChI is InChI=1S/C23H25F2N5O3/c24-17-1-6-21(22(25)11-17)23(14-30-16-27-15-28-30)32-13-20(33-23)12-31-19-4-2-18(3-5-19)29-9-7-26-8-10-29/h1-6,11,15-16,20,26H,7-10,12-14H2/t20-,23-/m0/s1. The van der Waals surface area contributed by atoms with E-state index in [0.29, 0.717) is 5.75 Å². The lowest BCUT2D eigenvalue weighted by atomic mass is 10.0. The molecule has 2 aliphatic heterocycles. The predicted octanol–water partition coefficient (Wildman–Crippen LogP) is 2.31. The van der Waals surface area contributed by atoms with Gasteiger partial charge in [-0.1, -0.05) is 0 Å². The molecule has 2 aliphatic rings. The maximum atomic E-state index is 14.7. The van der Waals surface area contributed by atoms with Gasteiger partial charge in [-0.05, 0) is 36.4 Å². The Labute approximate surface area is 190 Å². The lowest BCUT2D eigenvalue weighted by molar-refractivity contribution is -0.192. The highest BCUT2D eigenvalue weighted by Crippen LogP contribution is 2.37. The van der Waals surface area contributed by atoms with E-state index in [1.807, 2.05) is 24.3 Å². The Morgan fingerprint density at radius 1 is 1.12 bits per heavy atom. The minimum Gasteiger partial charge on any atom is -0.491 e. The minimum atomic E-state index is -1.47. The molecule has 2 aromatic carbocycles. The van der Waals surface area contributed by atoms with E-state index in [0.717, 1.165) is 37.9 Å². The molecule has 33 heavy (non-hydrogen) atoms. The fourth-order valence-electron chi connectivity index (χ4n) is 4.15. The molecular formula is C23H25F2N5O3. The first-order valence-corrected chi connectivity index (χ1v) is 10.9. The third-order valence-corrected chi connectivity index (χ3v) is 5.79. The summed E-state index contributed by atoms with van der Waals surface area (Å²) in [7, 11) is 0. The first-order valence-electron chi connectivity index (χ1n) is 10.9. The molecule has 5 rings (SSSR count). The Bertz CT molecular complexity index is 1060. The number of piperazine rings is 1. The van der Waals surface area contributed by atoms with E-state index >= 15 is 0 Å². The van der Waals surface area contributed by atoms with E-state index in [2.05, 4.69) is 20.3 Å². The van der Waals surface area contributed by atoms with Crippen LogP contribution in [0.15, 0.2) is 55.1 Å². The Morgan fingerprint density at radius 3 is 2.67 bits per heavy atom. The third-order valence-electron chi connectivity index (χ3n) is 5.79. The quantitative estimate of drug-likeness (QED) is 0.584. The number of halogens is 2. The summed E-state index contributed by atoms with van der Waals surface area (Å²) in [5.74, 6) is -2.18. The Balaban J connectivity index is 1.26. The number of rotatable bonds is 7. The van der Waals surface area contributed by atoms with Crippen molar-refractivity contribution in [2.45, 2.75) is 18.4 Å². The van der Waals surface area contributed by atoms with Crippen molar-refractivity contribution in [2.24, 2.45) is 0 Å². The van der Waals surface area contributed by atoms with Crippen LogP contribution >= 0.6 is 0 Å². The number of hydrogen-bond donors (Lipinski definition) is 1. The monoisotopic (exact) mass is 457 g/mol. The molecule has 2 saturated heterocycles. The summed E-state index contributed by atoms with van der Waals surface area (Å²) < 4.78 is 47.7. The van der Waals surface area contributed by atoms with E-state index < -0.39 is 23.5 Å². The van der Waals surface area contributed by atoms with Crippen molar-refractivity contribution >= 4 is 5.69 Å². The van der Waals surface area contributed by atoms with Crippen molar-refractivity contribution in [3.63, 3.8) is 0 Å². The molecule has 10 heteroatoms. The van der Waals surface area contributed by atoms with Crippen LogP contribution in [0.4, 0.5) is 14.5 Å². The van der Waals surface area contributed by atoms with Gasteiger partial charge in [0.2, 0.25) is 5.79 Å². The summed E-state index contributed by atoms with van der Waals surface area (Å²) in [4.78, 5) is 6.24. The zero-order valence-electron chi connectivity index (χ0n) is 18.0. The first-order chi connectivity index (χ1) is 16.1. The zero-order valence-corrected chi connectivity index (χ0v) is 18.0. The van der Waals surface area contributed by atoms with Crippen molar-refractivity contribution in [1.29, 1.82) is 0 Å². The first kappa shape index (κ1) is 21.7. The maximum absolute atomic E-state index is 14.7. The summed E-state index contributed by atoms with van der Waals surface area (Å²) in [6.45, 7) is 4.36. The number of ether oxygens (including phenoxy) is 3. The molecule has 174 valence electrons. The highest BCUT2D eigenvalue weighted by molar-refractivity contribution is 5.49. The molecule has 8 nitrogen and oxygen atoms in total. The van der Waals surface area contributed by atoms with E-state index in [-0.39, 0.29) is 25.3 Å². The highest BCUT2D eigenvalue weighted by atomic mass is 19.1. The summed E-state index contributed by atoms with van der Waals surface area (Å²) in [5.41, 5.74) is 1.25. The van der Waals surface area contributed by atoms with Crippen LogP contribution in [0.1, 0.15) is 5.56 Å².